The Hall–Kier alpha value is -2.86. The second-order valence-electron chi connectivity index (χ2n) is 6.24. The Kier molecular flexibility index (Phi) is 3.92. The van der Waals surface area contributed by atoms with Crippen molar-refractivity contribution >= 4 is 35.2 Å². The highest BCUT2D eigenvalue weighted by atomic mass is 35.5. The van der Waals surface area contributed by atoms with Crippen LogP contribution in [0.15, 0.2) is 42.0 Å². The topological polar surface area (TPSA) is 58.6 Å². The van der Waals surface area contributed by atoms with Gasteiger partial charge in [0.15, 0.2) is 0 Å². The molecule has 2 amide bonds. The molecule has 2 aliphatic heterocycles. The largest absolute Gasteiger partial charge is 0.490 e. The lowest BCUT2D eigenvalue weighted by atomic mass is 10.0. The fourth-order valence-electron chi connectivity index (χ4n) is 3.06. The molecular weight excluding hydrogens is 359 g/mol. The van der Waals surface area contributed by atoms with Gasteiger partial charge in [-0.3, -0.25) is 15.0 Å². The van der Waals surface area contributed by atoms with Crippen LogP contribution >= 0.6 is 11.6 Å². The van der Waals surface area contributed by atoms with Crippen LogP contribution in [0.25, 0.3) is 6.08 Å². The molecule has 0 spiro atoms. The van der Waals surface area contributed by atoms with E-state index >= 15 is 0 Å². The zero-order valence-corrected chi connectivity index (χ0v) is 14.5. The molecule has 0 unspecified atom stereocenters. The summed E-state index contributed by atoms with van der Waals surface area (Å²) >= 11 is 5.76. The van der Waals surface area contributed by atoms with Crippen molar-refractivity contribution in [2.75, 3.05) is 5.01 Å². The van der Waals surface area contributed by atoms with Gasteiger partial charge in [0.05, 0.1) is 10.7 Å². The van der Waals surface area contributed by atoms with Gasteiger partial charge in [-0.1, -0.05) is 17.7 Å². The first-order chi connectivity index (χ1) is 12.4. The fraction of sp³-hybridized carbons (Fsp3) is 0.158. The molecule has 2 aliphatic rings. The maximum Gasteiger partial charge on any atom is 0.282 e. The summed E-state index contributed by atoms with van der Waals surface area (Å²) in [7, 11) is 0. The smallest absolute Gasteiger partial charge is 0.282 e. The summed E-state index contributed by atoms with van der Waals surface area (Å²) in [5.41, 5.74) is 4.53. The van der Waals surface area contributed by atoms with Crippen LogP contribution in [0.5, 0.6) is 5.75 Å². The lowest BCUT2D eigenvalue weighted by Gasteiger charge is -2.14. The summed E-state index contributed by atoms with van der Waals surface area (Å²) in [6, 6.07) is 9.33. The number of hydrogen-bond donors (Lipinski definition) is 1. The minimum Gasteiger partial charge on any atom is -0.490 e. The van der Waals surface area contributed by atoms with Crippen LogP contribution in [0, 0.1) is 5.82 Å². The molecule has 1 N–H and O–H groups in total. The number of anilines is 1. The van der Waals surface area contributed by atoms with Gasteiger partial charge in [-0.25, -0.2) is 9.40 Å². The normalized spacial score (nSPS) is 20.3. The van der Waals surface area contributed by atoms with E-state index in [0.29, 0.717) is 0 Å². The van der Waals surface area contributed by atoms with Crippen molar-refractivity contribution in [1.82, 2.24) is 5.43 Å². The third-order valence-electron chi connectivity index (χ3n) is 4.28. The highest BCUT2D eigenvalue weighted by Gasteiger charge is 2.34. The number of nitrogens with one attached hydrogen (secondary N) is 1. The van der Waals surface area contributed by atoms with Crippen LogP contribution < -0.4 is 15.2 Å². The second kappa shape index (κ2) is 6.14. The van der Waals surface area contributed by atoms with Gasteiger partial charge < -0.3 is 4.74 Å². The molecule has 0 bridgehead atoms. The van der Waals surface area contributed by atoms with Gasteiger partial charge in [-0.2, -0.15) is 0 Å². The summed E-state index contributed by atoms with van der Waals surface area (Å²) in [4.78, 5) is 24.9. The van der Waals surface area contributed by atoms with E-state index in [1.807, 2.05) is 19.1 Å². The summed E-state index contributed by atoms with van der Waals surface area (Å²) in [5.74, 6) is -0.827. The summed E-state index contributed by atoms with van der Waals surface area (Å²) < 4.78 is 19.0. The molecule has 0 aromatic heterocycles. The number of nitrogens with zero attached hydrogens (tertiary/aromatic N) is 1. The lowest BCUT2D eigenvalue weighted by Crippen LogP contribution is -2.35. The van der Waals surface area contributed by atoms with Gasteiger partial charge in [-0.05, 0) is 54.5 Å². The Bertz CT molecular complexity index is 973. The molecule has 5 nitrogen and oxygen atoms in total. The third-order valence-corrected chi connectivity index (χ3v) is 4.57. The molecule has 26 heavy (non-hydrogen) atoms. The zero-order valence-electron chi connectivity index (χ0n) is 13.8. The van der Waals surface area contributed by atoms with Crippen molar-refractivity contribution in [3.8, 4) is 5.75 Å². The van der Waals surface area contributed by atoms with E-state index in [-0.39, 0.29) is 22.4 Å². The van der Waals surface area contributed by atoms with Crippen molar-refractivity contribution in [3.63, 3.8) is 0 Å². The molecule has 1 saturated heterocycles. The number of hydrogen-bond acceptors (Lipinski definition) is 3. The number of benzene rings is 2. The van der Waals surface area contributed by atoms with E-state index < -0.39 is 17.6 Å². The summed E-state index contributed by atoms with van der Waals surface area (Å²) in [6.45, 7) is 1.98. The van der Waals surface area contributed by atoms with E-state index in [1.54, 1.807) is 6.07 Å². The minimum absolute atomic E-state index is 0.00244. The van der Waals surface area contributed by atoms with E-state index in [4.69, 9.17) is 16.3 Å². The van der Waals surface area contributed by atoms with E-state index in [9.17, 15) is 14.0 Å². The van der Waals surface area contributed by atoms with Crippen LogP contribution in [-0.2, 0) is 16.0 Å². The van der Waals surface area contributed by atoms with Crippen LogP contribution in [0.1, 0.15) is 18.1 Å². The maximum atomic E-state index is 13.3. The first-order valence-electron chi connectivity index (χ1n) is 8.04. The van der Waals surface area contributed by atoms with Crippen LogP contribution in [0.3, 0.4) is 0 Å². The third kappa shape index (κ3) is 2.82. The Morgan fingerprint density at radius 2 is 2.08 bits per heavy atom. The van der Waals surface area contributed by atoms with Crippen LogP contribution in [-0.4, -0.2) is 17.9 Å². The van der Waals surface area contributed by atoms with Gasteiger partial charge in [-0.15, -0.1) is 0 Å². The van der Waals surface area contributed by atoms with Crippen molar-refractivity contribution in [1.29, 1.82) is 0 Å². The minimum atomic E-state index is -0.598. The van der Waals surface area contributed by atoms with Crippen molar-refractivity contribution in [3.05, 3.63) is 63.9 Å². The molecule has 4 rings (SSSR count). The molecule has 0 saturated carbocycles. The number of rotatable bonds is 2. The molecular formula is C19H14ClFN2O3. The SMILES string of the molecule is C[C@H]1Cc2cc(/C=C3\C(=O)NN(c4ccc(F)c(Cl)c4)C3=O)ccc2O1. The highest BCUT2D eigenvalue weighted by molar-refractivity contribution is 6.33. The summed E-state index contributed by atoms with van der Waals surface area (Å²) in [5, 5.41) is 0.924. The predicted octanol–water partition coefficient (Wildman–Crippen LogP) is 3.26. The average Bonchev–Trinajstić information content (AvgIpc) is 3.10. The van der Waals surface area contributed by atoms with Crippen LogP contribution in [0.2, 0.25) is 5.02 Å². The quantitative estimate of drug-likeness (QED) is 0.650. The molecule has 0 radical (unpaired) electrons. The molecule has 2 aromatic carbocycles. The molecule has 2 heterocycles. The number of carbonyl (C=O) groups excluding carboxylic acids is 2. The lowest BCUT2D eigenvalue weighted by molar-refractivity contribution is -0.117. The Morgan fingerprint density at radius 1 is 1.27 bits per heavy atom. The van der Waals surface area contributed by atoms with E-state index in [0.717, 1.165) is 34.4 Å². The molecule has 1 fully saturated rings. The second-order valence-corrected chi connectivity index (χ2v) is 6.64. The number of amides is 2. The number of carbonyl (C=O) groups is 2. The molecule has 0 aliphatic carbocycles. The van der Waals surface area contributed by atoms with Gasteiger partial charge >= 0.3 is 0 Å². The maximum absolute atomic E-state index is 13.3. The van der Waals surface area contributed by atoms with E-state index in [1.165, 1.54) is 18.2 Å². The molecule has 1 atom stereocenters. The predicted molar refractivity (Wildman–Crippen MR) is 95.3 cm³/mol. The van der Waals surface area contributed by atoms with Crippen molar-refractivity contribution < 1.29 is 18.7 Å². The molecule has 2 aromatic rings. The Labute approximate surface area is 154 Å². The molecule has 7 heteroatoms. The van der Waals surface area contributed by atoms with Gasteiger partial charge in [0, 0.05) is 6.42 Å². The fourth-order valence-corrected chi connectivity index (χ4v) is 3.24. The number of hydrazine groups is 1. The number of halogens is 2. The van der Waals surface area contributed by atoms with Crippen LogP contribution in [0.4, 0.5) is 10.1 Å². The Morgan fingerprint density at radius 3 is 2.85 bits per heavy atom. The van der Waals surface area contributed by atoms with Gasteiger partial charge in [0.1, 0.15) is 23.2 Å². The van der Waals surface area contributed by atoms with Crippen molar-refractivity contribution in [2.24, 2.45) is 0 Å². The highest BCUT2D eigenvalue weighted by Crippen LogP contribution is 2.31. The van der Waals surface area contributed by atoms with Gasteiger partial charge in [0.25, 0.3) is 11.8 Å². The Balaban J connectivity index is 1.64. The molecule has 132 valence electrons. The standard InChI is InChI=1S/C19H14ClFN2O3/c1-10-6-12-7-11(2-5-17(12)26-10)8-14-18(24)22-23(19(14)25)13-3-4-16(21)15(20)9-13/h2-5,7-10H,6H2,1H3,(H,22,24)/b14-8+/t10-/m0/s1. The first kappa shape index (κ1) is 16.6. The first-order valence-corrected chi connectivity index (χ1v) is 8.42. The average molecular weight is 373 g/mol. The summed E-state index contributed by atoms with van der Waals surface area (Å²) in [6.07, 6.45) is 2.43. The number of fused-ring (bicyclic) bond motifs is 1. The van der Waals surface area contributed by atoms with Gasteiger partial charge in [0.2, 0.25) is 0 Å². The van der Waals surface area contributed by atoms with Crippen molar-refractivity contribution in [2.45, 2.75) is 19.4 Å². The zero-order chi connectivity index (χ0) is 18.4. The number of ether oxygens (including phenoxy) is 1. The van der Waals surface area contributed by atoms with E-state index in [2.05, 4.69) is 5.43 Å². The monoisotopic (exact) mass is 372 g/mol.